The van der Waals surface area contributed by atoms with E-state index in [-0.39, 0.29) is 0 Å². The quantitative estimate of drug-likeness (QED) is 0.521. The molecular weight excluding hydrogens is 146 g/mol. The number of hydrogen-bond acceptors (Lipinski definition) is 1. The number of para-hydroxylation sites is 1. The summed E-state index contributed by atoms with van der Waals surface area (Å²) in [5.41, 5.74) is 8.71. The van der Waals surface area contributed by atoms with Crippen molar-refractivity contribution >= 4 is 11.3 Å². The smallest absolute Gasteiger partial charge is 0.0393 e. The Bertz CT molecular complexity index is 311. The molecule has 0 radical (unpaired) electrons. The third kappa shape index (κ3) is 1.56. The van der Waals surface area contributed by atoms with Crippen molar-refractivity contribution in [1.29, 1.82) is 0 Å². The summed E-state index contributed by atoms with van der Waals surface area (Å²) in [6.07, 6.45) is 3.81. The van der Waals surface area contributed by atoms with Gasteiger partial charge in [-0.3, -0.25) is 0 Å². The lowest BCUT2D eigenvalue weighted by atomic mass is 10.0. The first kappa shape index (κ1) is 8.60. The standard InChI is InChI=1S/C11H13N/c1-3-9(4-2)10-7-5-6-8-11(10)12/h3-8H,1,12H2,2H3. The molecule has 12 heavy (non-hydrogen) atoms. The zero-order valence-corrected chi connectivity index (χ0v) is 7.25. The van der Waals surface area contributed by atoms with Gasteiger partial charge in [0.1, 0.15) is 0 Å². The summed E-state index contributed by atoms with van der Waals surface area (Å²) >= 11 is 0. The highest BCUT2D eigenvalue weighted by molar-refractivity contribution is 5.80. The molecule has 0 bridgehead atoms. The van der Waals surface area contributed by atoms with E-state index in [0.717, 1.165) is 16.8 Å². The molecule has 2 N–H and O–H groups in total. The second-order valence-corrected chi connectivity index (χ2v) is 2.54. The van der Waals surface area contributed by atoms with Crippen LogP contribution in [0.2, 0.25) is 0 Å². The van der Waals surface area contributed by atoms with Gasteiger partial charge >= 0.3 is 0 Å². The number of anilines is 1. The lowest BCUT2D eigenvalue weighted by molar-refractivity contribution is 1.59. The second kappa shape index (κ2) is 3.77. The molecule has 0 fully saturated rings. The molecule has 0 amide bonds. The first-order chi connectivity index (χ1) is 5.79. The highest BCUT2D eigenvalue weighted by Gasteiger charge is 1.98. The average Bonchev–Trinajstić information content (AvgIpc) is 2.10. The summed E-state index contributed by atoms with van der Waals surface area (Å²) in [4.78, 5) is 0. The maximum atomic E-state index is 5.78. The second-order valence-electron chi connectivity index (χ2n) is 2.54. The van der Waals surface area contributed by atoms with Gasteiger partial charge < -0.3 is 5.73 Å². The zero-order valence-electron chi connectivity index (χ0n) is 7.25. The van der Waals surface area contributed by atoms with Gasteiger partial charge in [0.25, 0.3) is 0 Å². The van der Waals surface area contributed by atoms with Gasteiger partial charge in [0.15, 0.2) is 0 Å². The van der Waals surface area contributed by atoms with Crippen LogP contribution in [0.3, 0.4) is 0 Å². The van der Waals surface area contributed by atoms with Crippen molar-refractivity contribution in [2.75, 3.05) is 5.73 Å². The monoisotopic (exact) mass is 159 g/mol. The van der Waals surface area contributed by atoms with Crippen LogP contribution < -0.4 is 5.73 Å². The summed E-state index contributed by atoms with van der Waals surface area (Å²) in [7, 11) is 0. The van der Waals surface area contributed by atoms with Crippen molar-refractivity contribution in [2.24, 2.45) is 0 Å². The average molecular weight is 159 g/mol. The molecule has 0 spiro atoms. The van der Waals surface area contributed by atoms with Gasteiger partial charge in [-0.25, -0.2) is 0 Å². The van der Waals surface area contributed by atoms with Crippen molar-refractivity contribution in [3.8, 4) is 0 Å². The zero-order chi connectivity index (χ0) is 8.97. The minimum atomic E-state index is 0.797. The Morgan fingerprint density at radius 2 is 2.08 bits per heavy atom. The molecule has 0 saturated carbocycles. The van der Waals surface area contributed by atoms with Crippen molar-refractivity contribution in [2.45, 2.75) is 6.92 Å². The van der Waals surface area contributed by atoms with Crippen LogP contribution in [-0.2, 0) is 0 Å². The van der Waals surface area contributed by atoms with Crippen molar-refractivity contribution in [3.63, 3.8) is 0 Å². The van der Waals surface area contributed by atoms with E-state index in [4.69, 9.17) is 5.73 Å². The molecule has 0 aromatic heterocycles. The molecule has 0 aliphatic rings. The first-order valence-corrected chi connectivity index (χ1v) is 3.93. The van der Waals surface area contributed by atoms with Crippen LogP contribution in [0.1, 0.15) is 12.5 Å². The van der Waals surface area contributed by atoms with Gasteiger partial charge in [0.05, 0.1) is 0 Å². The van der Waals surface area contributed by atoms with E-state index in [0.29, 0.717) is 0 Å². The molecule has 0 aliphatic heterocycles. The Hall–Kier alpha value is -1.50. The van der Waals surface area contributed by atoms with Crippen molar-refractivity contribution in [3.05, 3.63) is 48.6 Å². The maximum absolute atomic E-state index is 5.78. The fourth-order valence-corrected chi connectivity index (χ4v) is 1.14. The molecule has 1 aromatic carbocycles. The summed E-state index contributed by atoms with van der Waals surface area (Å²) < 4.78 is 0. The van der Waals surface area contributed by atoms with E-state index >= 15 is 0 Å². The van der Waals surface area contributed by atoms with E-state index < -0.39 is 0 Å². The number of nitrogen functional groups attached to an aromatic ring is 1. The normalized spacial score (nSPS) is 11.2. The molecular formula is C11H13N. The lowest BCUT2D eigenvalue weighted by Gasteiger charge is -2.04. The topological polar surface area (TPSA) is 26.0 Å². The first-order valence-electron chi connectivity index (χ1n) is 3.93. The SMILES string of the molecule is C=CC(=CC)c1ccccc1N. The maximum Gasteiger partial charge on any atom is 0.0393 e. The fraction of sp³-hybridized carbons (Fsp3) is 0.0909. The molecule has 1 heteroatoms. The van der Waals surface area contributed by atoms with Crippen LogP contribution in [0.25, 0.3) is 5.57 Å². The summed E-state index contributed by atoms with van der Waals surface area (Å²) in [6, 6.07) is 7.78. The summed E-state index contributed by atoms with van der Waals surface area (Å²) in [5.74, 6) is 0. The predicted octanol–water partition coefficient (Wildman–Crippen LogP) is 2.86. The molecule has 0 atom stereocenters. The van der Waals surface area contributed by atoms with Gasteiger partial charge in [0, 0.05) is 11.3 Å². The van der Waals surface area contributed by atoms with E-state index in [9.17, 15) is 0 Å². The van der Waals surface area contributed by atoms with Crippen LogP contribution in [0.15, 0.2) is 43.0 Å². The van der Waals surface area contributed by atoms with Crippen LogP contribution in [-0.4, -0.2) is 0 Å². The van der Waals surface area contributed by atoms with Gasteiger partial charge in [-0.1, -0.05) is 36.9 Å². The lowest BCUT2D eigenvalue weighted by Crippen LogP contribution is -1.90. The highest BCUT2D eigenvalue weighted by Crippen LogP contribution is 2.21. The van der Waals surface area contributed by atoms with Crippen LogP contribution in [0, 0.1) is 0 Å². The third-order valence-electron chi connectivity index (χ3n) is 1.80. The molecule has 0 unspecified atom stereocenters. The summed E-state index contributed by atoms with van der Waals surface area (Å²) in [5, 5.41) is 0. The van der Waals surface area contributed by atoms with Crippen molar-refractivity contribution < 1.29 is 0 Å². The third-order valence-corrected chi connectivity index (χ3v) is 1.80. The minimum absolute atomic E-state index is 0.797. The number of rotatable bonds is 2. The van der Waals surface area contributed by atoms with Gasteiger partial charge in [-0.15, -0.1) is 0 Å². The van der Waals surface area contributed by atoms with Crippen LogP contribution in [0.4, 0.5) is 5.69 Å². The highest BCUT2D eigenvalue weighted by atomic mass is 14.6. The van der Waals surface area contributed by atoms with Gasteiger partial charge in [0.2, 0.25) is 0 Å². The Morgan fingerprint density at radius 3 is 2.58 bits per heavy atom. The van der Waals surface area contributed by atoms with E-state index in [1.807, 2.05) is 43.3 Å². The van der Waals surface area contributed by atoms with E-state index in [1.54, 1.807) is 0 Å². The molecule has 1 nitrogen and oxygen atoms in total. The Balaban J connectivity index is 3.18. The van der Waals surface area contributed by atoms with Crippen LogP contribution >= 0.6 is 0 Å². The van der Waals surface area contributed by atoms with Gasteiger partial charge in [-0.05, 0) is 18.6 Å². The fourth-order valence-electron chi connectivity index (χ4n) is 1.14. The number of benzene rings is 1. The molecule has 0 heterocycles. The van der Waals surface area contributed by atoms with E-state index in [2.05, 4.69) is 6.58 Å². The number of allylic oxidation sites excluding steroid dienone is 3. The minimum Gasteiger partial charge on any atom is -0.398 e. The molecule has 62 valence electrons. The molecule has 0 saturated heterocycles. The molecule has 1 rings (SSSR count). The Labute approximate surface area is 73.2 Å². The van der Waals surface area contributed by atoms with E-state index in [1.165, 1.54) is 0 Å². The largest absolute Gasteiger partial charge is 0.398 e. The molecule has 0 aliphatic carbocycles. The predicted molar refractivity (Wildman–Crippen MR) is 54.7 cm³/mol. The molecule has 1 aromatic rings. The van der Waals surface area contributed by atoms with Gasteiger partial charge in [-0.2, -0.15) is 0 Å². The Kier molecular flexibility index (Phi) is 2.70. The van der Waals surface area contributed by atoms with Crippen LogP contribution in [0.5, 0.6) is 0 Å². The number of hydrogen-bond donors (Lipinski definition) is 1. The Morgan fingerprint density at radius 1 is 1.42 bits per heavy atom. The van der Waals surface area contributed by atoms with Crippen molar-refractivity contribution in [1.82, 2.24) is 0 Å². The number of nitrogens with two attached hydrogens (primary N) is 1. The summed E-state index contributed by atoms with van der Waals surface area (Å²) in [6.45, 7) is 5.70.